The van der Waals surface area contributed by atoms with E-state index in [9.17, 15) is 4.79 Å². The Bertz CT molecular complexity index is 1430. The molecule has 5 rings (SSSR count). The van der Waals surface area contributed by atoms with Crippen LogP contribution in [0.4, 0.5) is 0 Å². The van der Waals surface area contributed by atoms with Crippen LogP contribution in [0.15, 0.2) is 106 Å². The number of carbonyl (C=O) groups excluding carboxylic acids is 1. The molecule has 0 amide bonds. The van der Waals surface area contributed by atoms with E-state index in [1.165, 1.54) is 36.0 Å². The zero-order valence-corrected chi connectivity index (χ0v) is 20.9. The van der Waals surface area contributed by atoms with E-state index in [-0.39, 0.29) is 5.25 Å². The number of esters is 1. The van der Waals surface area contributed by atoms with Crippen LogP contribution in [-0.2, 0) is 4.79 Å². The number of fused-ring (bicyclic) bond motifs is 2. The summed E-state index contributed by atoms with van der Waals surface area (Å²) in [5.41, 5.74) is 1.01. The first-order valence-electron chi connectivity index (χ1n) is 10.4. The molecule has 2 heterocycles. The lowest BCUT2D eigenvalue weighted by atomic mass is 10.1. The van der Waals surface area contributed by atoms with Gasteiger partial charge in [0.1, 0.15) is 5.75 Å². The quantitative estimate of drug-likeness (QED) is 0.0912. The van der Waals surface area contributed by atoms with Gasteiger partial charge in [-0.3, -0.25) is 0 Å². The Morgan fingerprint density at radius 3 is 2.27 bits per heavy atom. The fourth-order valence-electron chi connectivity index (χ4n) is 3.63. The van der Waals surface area contributed by atoms with E-state index >= 15 is 0 Å². The Balaban J connectivity index is 1.51. The molecule has 2 aromatic heterocycles. The minimum Gasteiger partial charge on any atom is -0.423 e. The highest BCUT2D eigenvalue weighted by atomic mass is 32.2. The largest absolute Gasteiger partial charge is 0.423 e. The van der Waals surface area contributed by atoms with Gasteiger partial charge in [0.25, 0.3) is 0 Å². The molecule has 6 heteroatoms. The van der Waals surface area contributed by atoms with Crippen molar-refractivity contribution in [1.29, 1.82) is 0 Å². The highest BCUT2D eigenvalue weighted by Crippen LogP contribution is 2.46. The van der Waals surface area contributed by atoms with E-state index in [0.29, 0.717) is 5.75 Å². The van der Waals surface area contributed by atoms with Crippen molar-refractivity contribution in [3.63, 3.8) is 0 Å². The highest BCUT2D eigenvalue weighted by Gasteiger charge is 2.21. The Morgan fingerprint density at radius 1 is 0.879 bits per heavy atom. The van der Waals surface area contributed by atoms with E-state index in [4.69, 9.17) is 4.74 Å². The van der Waals surface area contributed by atoms with Gasteiger partial charge in [0, 0.05) is 41.8 Å². The van der Waals surface area contributed by atoms with Crippen molar-refractivity contribution in [1.82, 2.24) is 0 Å². The average molecular weight is 505 g/mol. The molecule has 164 valence electrons. The molecule has 0 aliphatic carbocycles. The van der Waals surface area contributed by atoms with Crippen molar-refractivity contribution >= 4 is 72.3 Å². The molecule has 0 saturated heterocycles. The van der Waals surface area contributed by atoms with Crippen molar-refractivity contribution in [3.8, 4) is 5.75 Å². The van der Waals surface area contributed by atoms with Crippen LogP contribution in [-0.4, -0.2) is 11.7 Å². The number of hydrogen-bond acceptors (Lipinski definition) is 6. The van der Waals surface area contributed by atoms with E-state index in [1.807, 2.05) is 41.7 Å². The Labute approximate surface area is 209 Å². The number of benzene rings is 3. The molecule has 0 spiro atoms. The monoisotopic (exact) mass is 504 g/mol. The second-order valence-corrected chi connectivity index (χ2v) is 11.4. The van der Waals surface area contributed by atoms with E-state index in [2.05, 4.69) is 71.9 Å². The number of para-hydroxylation sites is 1. The summed E-state index contributed by atoms with van der Waals surface area (Å²) in [5.74, 6) is 0.988. The molecular formula is C27H20O2S4. The van der Waals surface area contributed by atoms with Gasteiger partial charge >= 0.3 is 5.97 Å². The molecule has 0 N–H and O–H groups in total. The summed E-state index contributed by atoms with van der Waals surface area (Å²) in [4.78, 5) is 14.5. The van der Waals surface area contributed by atoms with Gasteiger partial charge in [-0.1, -0.05) is 49.0 Å². The van der Waals surface area contributed by atoms with Gasteiger partial charge in [-0.2, -0.15) is 0 Å². The fraction of sp³-hybridized carbons (Fsp3) is 0.0741. The highest BCUT2D eigenvalue weighted by molar-refractivity contribution is 8.03. The molecule has 5 aromatic rings. The summed E-state index contributed by atoms with van der Waals surface area (Å²) in [6, 6.07) is 25.0. The summed E-state index contributed by atoms with van der Waals surface area (Å²) < 4.78 is 8.23. The van der Waals surface area contributed by atoms with Crippen LogP contribution in [0.5, 0.6) is 5.75 Å². The molecule has 0 aliphatic heterocycles. The zero-order valence-electron chi connectivity index (χ0n) is 17.6. The summed E-state index contributed by atoms with van der Waals surface area (Å²) in [6.07, 6.45) is 1.21. The SMILES string of the molecule is C=CC(=O)Oc1ccccc1C(CSc1cccc2ccsc12)Sc1cccc2ccsc12. The van der Waals surface area contributed by atoms with Crippen molar-refractivity contribution in [3.05, 3.63) is 102 Å². The summed E-state index contributed by atoms with van der Waals surface area (Å²) >= 11 is 7.22. The normalized spacial score (nSPS) is 12.1. The van der Waals surface area contributed by atoms with Gasteiger partial charge in [0.2, 0.25) is 0 Å². The van der Waals surface area contributed by atoms with Crippen LogP contribution >= 0.6 is 46.2 Å². The van der Waals surface area contributed by atoms with Crippen molar-refractivity contribution in [2.75, 3.05) is 5.75 Å². The third-order valence-electron chi connectivity index (χ3n) is 5.19. The molecule has 0 radical (unpaired) electrons. The third-order valence-corrected chi connectivity index (χ3v) is 10.0. The van der Waals surface area contributed by atoms with Crippen LogP contribution in [0.3, 0.4) is 0 Å². The zero-order chi connectivity index (χ0) is 22.6. The number of ether oxygens (including phenoxy) is 1. The maximum absolute atomic E-state index is 12.0. The third kappa shape index (κ3) is 4.89. The van der Waals surface area contributed by atoms with Gasteiger partial charge in [0.05, 0.1) is 0 Å². The Hall–Kier alpha value is -2.51. The molecule has 0 fully saturated rings. The molecule has 1 unspecified atom stereocenters. The molecule has 0 saturated carbocycles. The second-order valence-electron chi connectivity index (χ2n) is 7.27. The van der Waals surface area contributed by atoms with Gasteiger partial charge < -0.3 is 4.74 Å². The van der Waals surface area contributed by atoms with E-state index in [1.54, 1.807) is 22.7 Å². The van der Waals surface area contributed by atoms with Crippen molar-refractivity contribution < 1.29 is 9.53 Å². The molecular weight excluding hydrogens is 485 g/mol. The van der Waals surface area contributed by atoms with Crippen molar-refractivity contribution in [2.24, 2.45) is 0 Å². The molecule has 3 aromatic carbocycles. The van der Waals surface area contributed by atoms with E-state index in [0.717, 1.165) is 11.3 Å². The Morgan fingerprint density at radius 2 is 1.55 bits per heavy atom. The molecule has 0 bridgehead atoms. The van der Waals surface area contributed by atoms with Crippen molar-refractivity contribution in [2.45, 2.75) is 15.0 Å². The van der Waals surface area contributed by atoms with Crippen LogP contribution in [0.25, 0.3) is 20.2 Å². The standard InChI is InChI=1S/C27H20O2S4/c1-2-25(28)29-21-10-4-3-9-20(21)24(33-23-12-6-8-19-14-16-31-27(19)23)17-32-22-11-5-7-18-13-15-30-26(18)22/h2-16,24H,1,17H2. The fourth-order valence-corrected chi connectivity index (χ4v) is 8.28. The van der Waals surface area contributed by atoms with Crippen LogP contribution in [0, 0.1) is 0 Å². The first-order chi connectivity index (χ1) is 16.2. The molecule has 2 nitrogen and oxygen atoms in total. The first kappa shape index (κ1) is 22.3. The lowest BCUT2D eigenvalue weighted by Crippen LogP contribution is -2.08. The smallest absolute Gasteiger partial charge is 0.335 e. The number of hydrogen-bond donors (Lipinski definition) is 0. The Kier molecular flexibility index (Phi) is 6.88. The summed E-state index contributed by atoms with van der Waals surface area (Å²) in [6.45, 7) is 3.55. The summed E-state index contributed by atoms with van der Waals surface area (Å²) in [5, 5.41) is 6.90. The number of thiophene rings is 2. The topological polar surface area (TPSA) is 26.3 Å². The molecule has 1 atom stereocenters. The van der Waals surface area contributed by atoms with Gasteiger partial charge in [-0.25, -0.2) is 4.79 Å². The maximum atomic E-state index is 12.0. The lowest BCUT2D eigenvalue weighted by Gasteiger charge is -2.20. The number of carbonyl (C=O) groups is 1. The number of thioether (sulfide) groups is 2. The number of rotatable bonds is 8. The minimum absolute atomic E-state index is 0.0896. The second kappa shape index (κ2) is 10.2. The van der Waals surface area contributed by atoms with Crippen LogP contribution < -0.4 is 4.74 Å². The molecule has 0 aliphatic rings. The average Bonchev–Trinajstić information content (AvgIpc) is 3.52. The predicted molar refractivity (Wildman–Crippen MR) is 145 cm³/mol. The molecule has 33 heavy (non-hydrogen) atoms. The van der Waals surface area contributed by atoms with Gasteiger partial charge in [0.15, 0.2) is 0 Å². The maximum Gasteiger partial charge on any atom is 0.335 e. The van der Waals surface area contributed by atoms with Gasteiger partial charge in [-0.15, -0.1) is 46.2 Å². The van der Waals surface area contributed by atoms with Crippen LogP contribution in [0.2, 0.25) is 0 Å². The predicted octanol–water partition coefficient (Wildman–Crippen LogP) is 8.83. The lowest BCUT2D eigenvalue weighted by molar-refractivity contribution is -0.129. The first-order valence-corrected chi connectivity index (χ1v) is 14.0. The summed E-state index contributed by atoms with van der Waals surface area (Å²) in [7, 11) is 0. The van der Waals surface area contributed by atoms with Gasteiger partial charge in [-0.05, 0) is 51.9 Å². The van der Waals surface area contributed by atoms with Crippen LogP contribution in [0.1, 0.15) is 10.8 Å². The minimum atomic E-state index is -0.442. The van der Waals surface area contributed by atoms with E-state index < -0.39 is 5.97 Å².